The first-order valence-electron chi connectivity index (χ1n) is 6.57. The van der Waals surface area contributed by atoms with Gasteiger partial charge in [-0.05, 0) is 55.8 Å². The van der Waals surface area contributed by atoms with E-state index < -0.39 is 0 Å². The maximum atomic E-state index is 5.53. The molecule has 1 aromatic heterocycles. The summed E-state index contributed by atoms with van der Waals surface area (Å²) in [7, 11) is 0. The highest BCUT2D eigenvalue weighted by Gasteiger charge is 2.58. The number of rotatable bonds is 1. The van der Waals surface area contributed by atoms with Crippen LogP contribution in [0.3, 0.4) is 0 Å². The van der Waals surface area contributed by atoms with Gasteiger partial charge in [-0.15, -0.1) is 0 Å². The molecule has 4 heteroatoms. The van der Waals surface area contributed by atoms with Crippen molar-refractivity contribution in [2.45, 2.75) is 50.9 Å². The second kappa shape index (κ2) is 3.25. The topological polar surface area (TPSA) is 38.9 Å². The van der Waals surface area contributed by atoms with Crippen molar-refractivity contribution >= 4 is 22.6 Å². The molecule has 5 rings (SSSR count). The Morgan fingerprint density at radius 1 is 1.24 bits per heavy atom. The average Bonchev–Trinajstić information content (AvgIpc) is 2.61. The van der Waals surface area contributed by atoms with Gasteiger partial charge in [-0.2, -0.15) is 4.98 Å². The Kier molecular flexibility index (Phi) is 2.06. The van der Waals surface area contributed by atoms with Crippen molar-refractivity contribution in [2.24, 2.45) is 17.3 Å². The molecule has 92 valence electrons. The zero-order valence-corrected chi connectivity index (χ0v) is 12.2. The zero-order chi connectivity index (χ0) is 11.7. The number of hydrogen-bond acceptors (Lipinski definition) is 3. The van der Waals surface area contributed by atoms with Crippen LogP contribution in [0.5, 0.6) is 0 Å². The molecule has 0 aliphatic heterocycles. The molecule has 3 nitrogen and oxygen atoms in total. The SMILES string of the molecule is CC12CC3CC(C1)CC(c1nc(I)no1)(C3)C2. The highest BCUT2D eigenvalue weighted by molar-refractivity contribution is 14.1. The third kappa shape index (κ3) is 1.52. The Morgan fingerprint density at radius 2 is 1.94 bits per heavy atom. The van der Waals surface area contributed by atoms with Crippen molar-refractivity contribution in [1.82, 2.24) is 10.1 Å². The second-order valence-electron chi connectivity index (χ2n) is 6.92. The van der Waals surface area contributed by atoms with E-state index in [0.717, 1.165) is 21.6 Å². The van der Waals surface area contributed by atoms with Crippen molar-refractivity contribution in [1.29, 1.82) is 0 Å². The number of aromatic nitrogens is 2. The van der Waals surface area contributed by atoms with Gasteiger partial charge >= 0.3 is 0 Å². The minimum absolute atomic E-state index is 0.231. The van der Waals surface area contributed by atoms with Gasteiger partial charge < -0.3 is 4.52 Å². The smallest absolute Gasteiger partial charge is 0.233 e. The van der Waals surface area contributed by atoms with E-state index in [1.54, 1.807) is 0 Å². The molecule has 4 fully saturated rings. The van der Waals surface area contributed by atoms with Crippen molar-refractivity contribution < 1.29 is 4.52 Å². The Bertz CT molecular complexity index is 456. The van der Waals surface area contributed by atoms with Crippen molar-refractivity contribution in [3.05, 3.63) is 9.72 Å². The summed E-state index contributed by atoms with van der Waals surface area (Å²) in [5.41, 5.74) is 0.777. The van der Waals surface area contributed by atoms with Gasteiger partial charge in [0.15, 0.2) is 0 Å². The molecule has 0 spiro atoms. The molecule has 0 saturated heterocycles. The monoisotopic (exact) mass is 344 g/mol. The minimum atomic E-state index is 0.231. The second-order valence-corrected chi connectivity index (χ2v) is 7.89. The molecule has 0 aromatic carbocycles. The fraction of sp³-hybridized carbons (Fsp3) is 0.846. The van der Waals surface area contributed by atoms with Gasteiger partial charge in [0.1, 0.15) is 0 Å². The van der Waals surface area contributed by atoms with Gasteiger partial charge in [-0.1, -0.05) is 12.1 Å². The Hall–Kier alpha value is -0.130. The molecule has 4 saturated carbocycles. The molecule has 0 radical (unpaired) electrons. The van der Waals surface area contributed by atoms with Crippen LogP contribution in [0, 0.1) is 21.1 Å². The first-order valence-corrected chi connectivity index (χ1v) is 7.65. The van der Waals surface area contributed by atoms with Crippen molar-refractivity contribution in [3.63, 3.8) is 0 Å². The summed E-state index contributed by atoms with van der Waals surface area (Å²) in [5.74, 6) is 2.75. The van der Waals surface area contributed by atoms with Gasteiger partial charge in [0, 0.05) is 22.6 Å². The molecule has 17 heavy (non-hydrogen) atoms. The van der Waals surface area contributed by atoms with E-state index in [0.29, 0.717) is 5.41 Å². The Labute approximate surface area is 115 Å². The molecule has 4 bridgehead atoms. The lowest BCUT2D eigenvalue weighted by molar-refractivity contribution is -0.0724. The predicted molar refractivity (Wildman–Crippen MR) is 71.5 cm³/mol. The molecule has 2 atom stereocenters. The van der Waals surface area contributed by atoms with Crippen LogP contribution in [0.15, 0.2) is 4.52 Å². The highest BCUT2D eigenvalue weighted by Crippen LogP contribution is 2.65. The largest absolute Gasteiger partial charge is 0.338 e. The van der Waals surface area contributed by atoms with E-state index in [4.69, 9.17) is 4.52 Å². The third-order valence-electron chi connectivity index (χ3n) is 5.21. The summed E-state index contributed by atoms with van der Waals surface area (Å²) >= 11 is 2.15. The molecule has 1 aromatic rings. The summed E-state index contributed by atoms with van der Waals surface area (Å²) in [6.07, 6.45) is 8.15. The van der Waals surface area contributed by atoms with Gasteiger partial charge in [-0.25, -0.2) is 0 Å². The van der Waals surface area contributed by atoms with Crippen molar-refractivity contribution in [3.8, 4) is 0 Å². The maximum Gasteiger partial charge on any atom is 0.233 e. The summed E-state index contributed by atoms with van der Waals surface area (Å²) in [4.78, 5) is 4.54. The fourth-order valence-electron chi connectivity index (χ4n) is 5.39. The maximum absolute atomic E-state index is 5.53. The quantitative estimate of drug-likeness (QED) is 0.732. The fourth-order valence-corrected chi connectivity index (χ4v) is 5.71. The van der Waals surface area contributed by atoms with Gasteiger partial charge in [-0.3, -0.25) is 0 Å². The van der Waals surface area contributed by atoms with E-state index in [1.165, 1.54) is 38.5 Å². The third-order valence-corrected chi connectivity index (χ3v) is 5.65. The Balaban J connectivity index is 1.79. The standard InChI is InChI=1S/C13H17IN2O/c1-12-3-8-2-9(4-12)6-13(5-8,7-12)10-15-11(14)16-17-10/h8-9H,2-7H2,1H3. The first-order chi connectivity index (χ1) is 8.07. The van der Waals surface area contributed by atoms with E-state index >= 15 is 0 Å². The van der Waals surface area contributed by atoms with Crippen LogP contribution in [-0.2, 0) is 5.41 Å². The molecule has 2 unspecified atom stereocenters. The summed E-state index contributed by atoms with van der Waals surface area (Å²) in [6, 6.07) is 0. The zero-order valence-electron chi connectivity index (χ0n) is 10.1. The van der Waals surface area contributed by atoms with E-state index in [-0.39, 0.29) is 5.41 Å². The normalized spacial score (nSPS) is 47.6. The lowest BCUT2D eigenvalue weighted by Gasteiger charge is -2.59. The van der Waals surface area contributed by atoms with Gasteiger partial charge in [0.25, 0.3) is 0 Å². The lowest BCUT2D eigenvalue weighted by Crippen LogP contribution is -2.53. The number of nitrogens with zero attached hydrogens (tertiary/aromatic N) is 2. The molecule has 0 N–H and O–H groups in total. The molecule has 4 aliphatic rings. The Morgan fingerprint density at radius 3 is 2.47 bits per heavy atom. The molecule has 1 heterocycles. The molecule has 0 amide bonds. The van der Waals surface area contributed by atoms with Crippen LogP contribution in [0.4, 0.5) is 0 Å². The van der Waals surface area contributed by atoms with Crippen LogP contribution in [0.25, 0.3) is 0 Å². The number of halogens is 1. The van der Waals surface area contributed by atoms with Crippen LogP contribution >= 0.6 is 22.6 Å². The summed E-state index contributed by atoms with van der Waals surface area (Å²) in [6.45, 7) is 2.47. The van der Waals surface area contributed by atoms with Crippen LogP contribution in [0.2, 0.25) is 0 Å². The molecular weight excluding hydrogens is 327 g/mol. The highest BCUT2D eigenvalue weighted by atomic mass is 127. The average molecular weight is 344 g/mol. The molecule has 4 aliphatic carbocycles. The van der Waals surface area contributed by atoms with Crippen LogP contribution in [-0.4, -0.2) is 10.1 Å². The summed E-state index contributed by atoms with van der Waals surface area (Å²) < 4.78 is 6.29. The van der Waals surface area contributed by atoms with Gasteiger partial charge in [0.05, 0.1) is 5.41 Å². The van der Waals surface area contributed by atoms with Crippen LogP contribution < -0.4 is 0 Å². The van der Waals surface area contributed by atoms with E-state index in [9.17, 15) is 0 Å². The minimum Gasteiger partial charge on any atom is -0.338 e. The van der Waals surface area contributed by atoms with Crippen LogP contribution in [0.1, 0.15) is 51.3 Å². The van der Waals surface area contributed by atoms with Gasteiger partial charge in [0.2, 0.25) is 9.72 Å². The first kappa shape index (κ1) is 10.8. The lowest BCUT2D eigenvalue weighted by atomic mass is 9.44. The predicted octanol–water partition coefficient (Wildman–Crippen LogP) is 3.53. The van der Waals surface area contributed by atoms with Crippen molar-refractivity contribution in [2.75, 3.05) is 0 Å². The summed E-state index contributed by atoms with van der Waals surface area (Å²) in [5, 5.41) is 4.00. The van der Waals surface area contributed by atoms with E-state index in [2.05, 4.69) is 39.7 Å². The number of hydrogen-bond donors (Lipinski definition) is 0. The van der Waals surface area contributed by atoms with E-state index in [1.807, 2.05) is 0 Å². The molecular formula is C13H17IN2O.